The molecule has 0 aliphatic heterocycles. The molecule has 4 heteroatoms. The lowest BCUT2D eigenvalue weighted by atomic mass is 9.97. The molecule has 3 N–H and O–H groups in total. The van der Waals surface area contributed by atoms with Gasteiger partial charge in [0.15, 0.2) is 0 Å². The number of nitrogens with two attached hydrogens (primary N) is 1. The lowest BCUT2D eigenvalue weighted by molar-refractivity contribution is 0.507. The molecule has 0 fully saturated rings. The topological polar surface area (TPSA) is 50.9 Å². The number of likely N-dealkylation sites (N-methyl/N-ethyl adjacent to an activating group) is 1. The number of halogens is 1. The first-order chi connectivity index (χ1) is 9.63. The number of aromatic nitrogens is 1. The number of nitrogen functional groups attached to an aromatic ring is 1. The van der Waals surface area contributed by atoms with Gasteiger partial charge in [-0.3, -0.25) is 0 Å². The summed E-state index contributed by atoms with van der Waals surface area (Å²) in [5.41, 5.74) is 8.14. The van der Waals surface area contributed by atoms with E-state index in [-0.39, 0.29) is 11.9 Å². The average Bonchev–Trinajstić information content (AvgIpc) is 2.44. The van der Waals surface area contributed by atoms with Gasteiger partial charge < -0.3 is 11.1 Å². The molecular weight excluding hydrogens is 253 g/mol. The smallest absolute Gasteiger partial charge is 0.130 e. The summed E-state index contributed by atoms with van der Waals surface area (Å²) in [6.07, 6.45) is 2.28. The minimum atomic E-state index is -0.152. The fraction of sp³-hybridized carbons (Fsp3) is 0.312. The molecule has 0 amide bonds. The first-order valence-electron chi connectivity index (χ1n) is 6.81. The summed E-state index contributed by atoms with van der Waals surface area (Å²) in [6.45, 7) is 4.55. The van der Waals surface area contributed by atoms with Gasteiger partial charge in [0, 0.05) is 17.8 Å². The quantitative estimate of drug-likeness (QED) is 0.880. The summed E-state index contributed by atoms with van der Waals surface area (Å²) in [5.74, 6) is 0.351. The van der Waals surface area contributed by atoms with Crippen LogP contribution in [0.25, 0.3) is 0 Å². The monoisotopic (exact) mass is 273 g/mol. The van der Waals surface area contributed by atoms with Crippen LogP contribution in [0.4, 0.5) is 10.2 Å². The van der Waals surface area contributed by atoms with Crippen LogP contribution < -0.4 is 11.1 Å². The van der Waals surface area contributed by atoms with Gasteiger partial charge in [-0.1, -0.05) is 31.2 Å². The summed E-state index contributed by atoms with van der Waals surface area (Å²) in [7, 11) is 0. The molecule has 20 heavy (non-hydrogen) atoms. The van der Waals surface area contributed by atoms with E-state index in [1.54, 1.807) is 19.2 Å². The second-order valence-electron chi connectivity index (χ2n) is 4.84. The molecule has 1 unspecified atom stereocenters. The van der Waals surface area contributed by atoms with Crippen LogP contribution in [0, 0.1) is 12.7 Å². The van der Waals surface area contributed by atoms with Crippen LogP contribution in [0.2, 0.25) is 0 Å². The minimum Gasteiger partial charge on any atom is -0.383 e. The maximum atomic E-state index is 14.3. The molecule has 0 aliphatic carbocycles. The Kier molecular flexibility index (Phi) is 4.69. The average molecular weight is 273 g/mol. The Morgan fingerprint density at radius 2 is 2.10 bits per heavy atom. The summed E-state index contributed by atoms with van der Waals surface area (Å²) >= 11 is 0. The van der Waals surface area contributed by atoms with E-state index in [2.05, 4.69) is 10.3 Å². The number of hydrogen-bond acceptors (Lipinski definition) is 3. The standard InChI is InChI=1S/C16H20FN3/c1-3-19-14(10-12-7-5-9-20-16(12)18)13-8-4-6-11(2)15(13)17/h4-9,14,19H,3,10H2,1-2H3,(H2,18,20). The number of pyridine rings is 1. The van der Waals surface area contributed by atoms with E-state index in [1.807, 2.05) is 31.2 Å². The Bertz CT molecular complexity index is 584. The van der Waals surface area contributed by atoms with Crippen molar-refractivity contribution in [3.63, 3.8) is 0 Å². The number of anilines is 1. The second-order valence-corrected chi connectivity index (χ2v) is 4.84. The van der Waals surface area contributed by atoms with E-state index in [1.165, 1.54) is 0 Å². The molecule has 1 aromatic heterocycles. The van der Waals surface area contributed by atoms with Crippen LogP contribution in [0.15, 0.2) is 36.5 Å². The van der Waals surface area contributed by atoms with Gasteiger partial charge >= 0.3 is 0 Å². The highest BCUT2D eigenvalue weighted by molar-refractivity contribution is 5.40. The highest BCUT2D eigenvalue weighted by Crippen LogP contribution is 2.24. The van der Waals surface area contributed by atoms with Gasteiger partial charge in [0.1, 0.15) is 11.6 Å². The number of nitrogens with zero attached hydrogens (tertiary/aromatic N) is 1. The Labute approximate surface area is 119 Å². The zero-order valence-electron chi connectivity index (χ0n) is 11.9. The zero-order chi connectivity index (χ0) is 14.5. The Morgan fingerprint density at radius 3 is 2.80 bits per heavy atom. The molecule has 106 valence electrons. The molecule has 3 nitrogen and oxygen atoms in total. The van der Waals surface area contributed by atoms with Crippen molar-refractivity contribution < 1.29 is 4.39 Å². The summed E-state index contributed by atoms with van der Waals surface area (Å²) in [6, 6.07) is 9.15. The maximum absolute atomic E-state index is 14.3. The first kappa shape index (κ1) is 14.5. The molecule has 1 aromatic carbocycles. The third-order valence-electron chi connectivity index (χ3n) is 3.40. The van der Waals surface area contributed by atoms with Crippen molar-refractivity contribution in [3.8, 4) is 0 Å². The lowest BCUT2D eigenvalue weighted by Gasteiger charge is -2.20. The summed E-state index contributed by atoms with van der Waals surface area (Å²) in [4.78, 5) is 4.08. The van der Waals surface area contributed by atoms with Gasteiger partial charge in [-0.05, 0) is 37.1 Å². The Morgan fingerprint density at radius 1 is 1.30 bits per heavy atom. The molecule has 0 aliphatic rings. The van der Waals surface area contributed by atoms with Crippen molar-refractivity contribution in [1.29, 1.82) is 0 Å². The number of aryl methyl sites for hydroxylation is 1. The van der Waals surface area contributed by atoms with Crippen molar-refractivity contribution in [3.05, 3.63) is 59.0 Å². The van der Waals surface area contributed by atoms with Crippen LogP contribution >= 0.6 is 0 Å². The largest absolute Gasteiger partial charge is 0.383 e. The van der Waals surface area contributed by atoms with Gasteiger partial charge in [0.2, 0.25) is 0 Å². The molecule has 1 atom stereocenters. The number of hydrogen-bond donors (Lipinski definition) is 2. The fourth-order valence-corrected chi connectivity index (χ4v) is 2.32. The van der Waals surface area contributed by atoms with Crippen LogP contribution in [-0.4, -0.2) is 11.5 Å². The van der Waals surface area contributed by atoms with Gasteiger partial charge in [-0.2, -0.15) is 0 Å². The second kappa shape index (κ2) is 6.48. The molecule has 0 saturated carbocycles. The van der Waals surface area contributed by atoms with E-state index in [9.17, 15) is 4.39 Å². The molecule has 1 heterocycles. The van der Waals surface area contributed by atoms with Gasteiger partial charge in [-0.15, -0.1) is 0 Å². The molecule has 2 rings (SSSR count). The third kappa shape index (κ3) is 3.14. The van der Waals surface area contributed by atoms with Crippen molar-refractivity contribution in [2.75, 3.05) is 12.3 Å². The number of nitrogens with one attached hydrogen (secondary N) is 1. The van der Waals surface area contributed by atoms with E-state index in [4.69, 9.17) is 5.73 Å². The molecule has 2 aromatic rings. The van der Waals surface area contributed by atoms with E-state index in [0.29, 0.717) is 23.4 Å². The first-order valence-corrected chi connectivity index (χ1v) is 6.81. The highest BCUT2D eigenvalue weighted by atomic mass is 19.1. The van der Waals surface area contributed by atoms with E-state index >= 15 is 0 Å². The zero-order valence-corrected chi connectivity index (χ0v) is 11.9. The molecule has 0 bridgehead atoms. The van der Waals surface area contributed by atoms with Gasteiger partial charge in [0.05, 0.1) is 0 Å². The van der Waals surface area contributed by atoms with Crippen LogP contribution in [0.3, 0.4) is 0 Å². The molecular formula is C16H20FN3. The lowest BCUT2D eigenvalue weighted by Crippen LogP contribution is -2.24. The van der Waals surface area contributed by atoms with Gasteiger partial charge in [0.25, 0.3) is 0 Å². The summed E-state index contributed by atoms with van der Waals surface area (Å²) < 4.78 is 14.3. The number of rotatable bonds is 5. The maximum Gasteiger partial charge on any atom is 0.130 e. The molecule has 0 spiro atoms. The summed E-state index contributed by atoms with van der Waals surface area (Å²) in [5, 5.41) is 3.32. The normalized spacial score (nSPS) is 12.3. The predicted molar refractivity (Wildman–Crippen MR) is 79.9 cm³/mol. The van der Waals surface area contributed by atoms with Crippen molar-refractivity contribution in [2.24, 2.45) is 0 Å². The third-order valence-corrected chi connectivity index (χ3v) is 3.40. The fourth-order valence-electron chi connectivity index (χ4n) is 2.32. The molecule has 0 radical (unpaired) electrons. The van der Waals surface area contributed by atoms with Crippen molar-refractivity contribution in [2.45, 2.75) is 26.3 Å². The van der Waals surface area contributed by atoms with Gasteiger partial charge in [-0.25, -0.2) is 9.37 Å². The minimum absolute atomic E-state index is 0.105. The Hall–Kier alpha value is -1.94. The van der Waals surface area contributed by atoms with Crippen molar-refractivity contribution >= 4 is 5.82 Å². The Balaban J connectivity index is 2.32. The predicted octanol–water partition coefficient (Wildman–Crippen LogP) is 3.00. The van der Waals surface area contributed by atoms with Crippen LogP contribution in [0.1, 0.15) is 29.7 Å². The van der Waals surface area contributed by atoms with E-state index < -0.39 is 0 Å². The molecule has 0 saturated heterocycles. The van der Waals surface area contributed by atoms with Crippen LogP contribution in [-0.2, 0) is 6.42 Å². The van der Waals surface area contributed by atoms with E-state index in [0.717, 1.165) is 12.1 Å². The highest BCUT2D eigenvalue weighted by Gasteiger charge is 2.17. The number of benzene rings is 1. The van der Waals surface area contributed by atoms with Crippen molar-refractivity contribution in [1.82, 2.24) is 10.3 Å². The SMILES string of the molecule is CCNC(Cc1cccnc1N)c1cccc(C)c1F. The van der Waals surface area contributed by atoms with Crippen LogP contribution in [0.5, 0.6) is 0 Å².